The molecule has 0 bridgehead atoms. The lowest BCUT2D eigenvalue weighted by Gasteiger charge is -2.20. The maximum absolute atomic E-state index is 6.08. The molecule has 1 aromatic rings. The van der Waals surface area contributed by atoms with E-state index in [2.05, 4.69) is 25.8 Å². The third kappa shape index (κ3) is 1.62. The molecule has 0 fully saturated rings. The van der Waals surface area contributed by atoms with Gasteiger partial charge in [0.25, 0.3) is 0 Å². The van der Waals surface area contributed by atoms with Gasteiger partial charge in [0, 0.05) is 36.3 Å². The molecule has 1 heterocycles. The summed E-state index contributed by atoms with van der Waals surface area (Å²) in [5, 5.41) is 0.777. The normalized spacial score (nSPS) is 18.1. The molecule has 0 aliphatic carbocycles. The lowest BCUT2D eigenvalue weighted by atomic mass is 9.84. The van der Waals surface area contributed by atoms with Crippen LogP contribution in [0.4, 0.5) is 5.69 Å². The van der Waals surface area contributed by atoms with Crippen LogP contribution in [0.15, 0.2) is 12.1 Å². The van der Waals surface area contributed by atoms with Crippen molar-refractivity contribution in [2.24, 2.45) is 5.73 Å². The summed E-state index contributed by atoms with van der Waals surface area (Å²) in [6, 6.07) is 4.02. The van der Waals surface area contributed by atoms with Crippen molar-refractivity contribution in [3.63, 3.8) is 0 Å². The lowest BCUT2D eigenvalue weighted by molar-refractivity contribution is 0.558. The molecule has 2 N–H and O–H groups in total. The molecule has 0 atom stereocenters. The van der Waals surface area contributed by atoms with E-state index in [-0.39, 0.29) is 5.41 Å². The van der Waals surface area contributed by atoms with Crippen molar-refractivity contribution in [2.75, 3.05) is 18.5 Å². The Morgan fingerprint density at radius 2 is 2.13 bits per heavy atom. The van der Waals surface area contributed by atoms with E-state index in [1.165, 1.54) is 16.8 Å². The molecular weight excluding hydrogens is 208 g/mol. The van der Waals surface area contributed by atoms with Gasteiger partial charge in [-0.1, -0.05) is 25.4 Å². The van der Waals surface area contributed by atoms with Crippen molar-refractivity contribution in [3.05, 3.63) is 28.3 Å². The molecule has 15 heavy (non-hydrogen) atoms. The molecular formula is C12H17ClN2. The van der Waals surface area contributed by atoms with E-state index in [1.807, 2.05) is 12.1 Å². The number of anilines is 1. The summed E-state index contributed by atoms with van der Waals surface area (Å²) in [6.07, 6.45) is 0. The number of hydrogen-bond acceptors (Lipinski definition) is 2. The summed E-state index contributed by atoms with van der Waals surface area (Å²) in [5.41, 5.74) is 9.71. The van der Waals surface area contributed by atoms with E-state index in [1.54, 1.807) is 0 Å². The van der Waals surface area contributed by atoms with Gasteiger partial charge < -0.3 is 10.6 Å². The van der Waals surface area contributed by atoms with Gasteiger partial charge in [-0.2, -0.15) is 0 Å². The Kier molecular flexibility index (Phi) is 2.44. The summed E-state index contributed by atoms with van der Waals surface area (Å²) in [5.74, 6) is 0. The average molecular weight is 225 g/mol. The minimum atomic E-state index is 0.170. The molecule has 0 saturated carbocycles. The van der Waals surface area contributed by atoms with Gasteiger partial charge in [-0.15, -0.1) is 0 Å². The Hall–Kier alpha value is -0.730. The second-order valence-corrected chi connectivity index (χ2v) is 5.34. The molecule has 0 amide bonds. The van der Waals surface area contributed by atoms with Gasteiger partial charge in [-0.3, -0.25) is 0 Å². The second-order valence-electron chi connectivity index (χ2n) is 4.90. The Labute approximate surface area is 96.0 Å². The summed E-state index contributed by atoms with van der Waals surface area (Å²) >= 11 is 6.08. The smallest absolute Gasteiger partial charge is 0.0430 e. The van der Waals surface area contributed by atoms with Crippen LogP contribution in [0.2, 0.25) is 5.02 Å². The molecule has 2 nitrogen and oxygen atoms in total. The minimum Gasteiger partial charge on any atom is -0.373 e. The Morgan fingerprint density at radius 1 is 1.47 bits per heavy atom. The Balaban J connectivity index is 2.68. The van der Waals surface area contributed by atoms with Crippen molar-refractivity contribution < 1.29 is 0 Å². The van der Waals surface area contributed by atoms with Crippen molar-refractivity contribution in [3.8, 4) is 0 Å². The highest BCUT2D eigenvalue weighted by atomic mass is 35.5. The van der Waals surface area contributed by atoms with E-state index in [4.69, 9.17) is 17.3 Å². The molecule has 3 heteroatoms. The summed E-state index contributed by atoms with van der Waals surface area (Å²) in [6.45, 7) is 6.08. The molecule has 0 spiro atoms. The number of rotatable bonds is 1. The molecule has 0 unspecified atom stereocenters. The van der Waals surface area contributed by atoms with E-state index >= 15 is 0 Å². The van der Waals surface area contributed by atoms with Crippen LogP contribution in [0, 0.1) is 0 Å². The fourth-order valence-electron chi connectivity index (χ4n) is 2.65. The first-order valence-electron chi connectivity index (χ1n) is 5.20. The lowest BCUT2D eigenvalue weighted by Crippen LogP contribution is -2.25. The Bertz CT molecular complexity index is 399. The topological polar surface area (TPSA) is 29.3 Å². The fraction of sp³-hybridized carbons (Fsp3) is 0.500. The largest absolute Gasteiger partial charge is 0.373 e. The highest BCUT2D eigenvalue weighted by Crippen LogP contribution is 2.43. The molecule has 0 saturated heterocycles. The number of halogens is 1. The quantitative estimate of drug-likeness (QED) is 0.795. The van der Waals surface area contributed by atoms with Crippen LogP contribution in [0.3, 0.4) is 0 Å². The minimum absolute atomic E-state index is 0.170. The summed E-state index contributed by atoms with van der Waals surface area (Å²) < 4.78 is 0. The predicted octanol–water partition coefficient (Wildman–Crippen LogP) is 2.53. The molecule has 1 aliphatic rings. The van der Waals surface area contributed by atoms with Crippen molar-refractivity contribution in [1.82, 2.24) is 0 Å². The first-order valence-corrected chi connectivity index (χ1v) is 5.57. The van der Waals surface area contributed by atoms with Crippen molar-refractivity contribution >= 4 is 17.3 Å². The van der Waals surface area contributed by atoms with Gasteiger partial charge in [0.05, 0.1) is 0 Å². The number of hydrogen-bond donors (Lipinski definition) is 1. The third-order valence-electron chi connectivity index (χ3n) is 3.10. The van der Waals surface area contributed by atoms with Gasteiger partial charge in [0.15, 0.2) is 0 Å². The fourth-order valence-corrected chi connectivity index (χ4v) is 2.88. The van der Waals surface area contributed by atoms with Gasteiger partial charge in [-0.05, 0) is 23.3 Å². The number of benzene rings is 1. The maximum atomic E-state index is 6.08. The van der Waals surface area contributed by atoms with E-state index in [9.17, 15) is 0 Å². The zero-order valence-corrected chi connectivity index (χ0v) is 10.2. The van der Waals surface area contributed by atoms with E-state index in [0.717, 1.165) is 11.6 Å². The molecule has 0 aromatic heterocycles. The third-order valence-corrected chi connectivity index (χ3v) is 3.32. The molecule has 82 valence electrons. The highest BCUT2D eigenvalue weighted by Gasteiger charge is 2.35. The van der Waals surface area contributed by atoms with Crippen LogP contribution in [0.25, 0.3) is 0 Å². The summed E-state index contributed by atoms with van der Waals surface area (Å²) in [7, 11) is 2.10. The van der Waals surface area contributed by atoms with Crippen LogP contribution >= 0.6 is 11.6 Å². The number of fused-ring (bicyclic) bond motifs is 1. The first-order chi connectivity index (χ1) is 6.95. The zero-order valence-electron chi connectivity index (χ0n) is 9.47. The number of likely N-dealkylation sites (N-methyl/N-ethyl adjacent to an activating group) is 1. The predicted molar refractivity (Wildman–Crippen MR) is 65.6 cm³/mol. The van der Waals surface area contributed by atoms with Gasteiger partial charge in [0.1, 0.15) is 0 Å². The maximum Gasteiger partial charge on any atom is 0.0430 e. The Morgan fingerprint density at radius 3 is 2.73 bits per heavy atom. The molecule has 1 aliphatic heterocycles. The van der Waals surface area contributed by atoms with Gasteiger partial charge >= 0.3 is 0 Å². The van der Waals surface area contributed by atoms with E-state index < -0.39 is 0 Å². The van der Waals surface area contributed by atoms with Crippen molar-refractivity contribution in [1.29, 1.82) is 0 Å². The van der Waals surface area contributed by atoms with Crippen LogP contribution in [0.5, 0.6) is 0 Å². The standard InChI is InChI=1S/C12H17ClN2/c1-12(2)7-15(3)10-5-9(13)4-8(6-14)11(10)12/h4-5H,6-7,14H2,1-3H3. The van der Waals surface area contributed by atoms with Crippen molar-refractivity contribution in [2.45, 2.75) is 25.8 Å². The summed E-state index contributed by atoms with van der Waals surface area (Å²) in [4.78, 5) is 2.25. The number of nitrogens with zero attached hydrogens (tertiary/aromatic N) is 1. The van der Waals surface area contributed by atoms with Crippen LogP contribution in [-0.2, 0) is 12.0 Å². The molecule has 1 aromatic carbocycles. The zero-order chi connectivity index (χ0) is 11.2. The van der Waals surface area contributed by atoms with Gasteiger partial charge in [-0.25, -0.2) is 0 Å². The van der Waals surface area contributed by atoms with Crippen LogP contribution < -0.4 is 10.6 Å². The number of nitrogens with two attached hydrogens (primary N) is 1. The van der Waals surface area contributed by atoms with Crippen LogP contribution in [-0.4, -0.2) is 13.6 Å². The first kappa shape index (κ1) is 10.8. The van der Waals surface area contributed by atoms with E-state index in [0.29, 0.717) is 6.54 Å². The SMILES string of the molecule is CN1CC(C)(C)c2c(CN)cc(Cl)cc21. The average Bonchev–Trinajstić information content (AvgIpc) is 2.36. The highest BCUT2D eigenvalue weighted by molar-refractivity contribution is 6.31. The second kappa shape index (κ2) is 3.39. The molecule has 2 rings (SSSR count). The van der Waals surface area contributed by atoms with Gasteiger partial charge in [0.2, 0.25) is 0 Å². The monoisotopic (exact) mass is 224 g/mol. The molecule has 0 radical (unpaired) electrons. The van der Waals surface area contributed by atoms with Crippen LogP contribution in [0.1, 0.15) is 25.0 Å².